The van der Waals surface area contributed by atoms with E-state index >= 15 is 0 Å². The van der Waals surface area contributed by atoms with E-state index in [1.54, 1.807) is 0 Å². The van der Waals surface area contributed by atoms with E-state index < -0.39 is 37.6 Å². The molecule has 1 rings (SSSR count). The first-order valence-corrected chi connectivity index (χ1v) is 11.7. The standard InChI is InChI=1S/C20H27F2NO3Si/c1-20(2,3)27(5,6)11-7-8-17(19(25)26-4)23-18(24)13-14-9-10-15(21)16(22)12-14/h9-10,12,17H,8,13H2,1-6H3,(H,23,24)/t17-/m1/s1. The Morgan fingerprint density at radius 2 is 1.85 bits per heavy atom. The maximum absolute atomic E-state index is 13.3. The van der Waals surface area contributed by atoms with Gasteiger partial charge in [0.2, 0.25) is 5.91 Å². The summed E-state index contributed by atoms with van der Waals surface area (Å²) in [5.41, 5.74) is 3.59. The van der Waals surface area contributed by atoms with Crippen LogP contribution in [0.15, 0.2) is 18.2 Å². The lowest BCUT2D eigenvalue weighted by Gasteiger charge is -2.31. The van der Waals surface area contributed by atoms with Gasteiger partial charge in [0, 0.05) is 6.42 Å². The highest BCUT2D eigenvalue weighted by atomic mass is 28.3. The lowest BCUT2D eigenvalue weighted by Crippen LogP contribution is -2.42. The molecule has 0 fully saturated rings. The van der Waals surface area contributed by atoms with Crippen LogP contribution in [0.2, 0.25) is 18.1 Å². The van der Waals surface area contributed by atoms with Crippen LogP contribution in [-0.4, -0.2) is 33.1 Å². The summed E-state index contributed by atoms with van der Waals surface area (Å²) >= 11 is 0. The first kappa shape index (κ1) is 22.8. The number of halogens is 2. The van der Waals surface area contributed by atoms with Crippen LogP contribution < -0.4 is 5.32 Å². The van der Waals surface area contributed by atoms with Crippen molar-refractivity contribution in [3.8, 4) is 11.5 Å². The van der Waals surface area contributed by atoms with Crippen LogP contribution >= 0.6 is 0 Å². The SMILES string of the molecule is COC(=O)[C@@H](CC#C[Si](C)(C)C(C)(C)C)NC(=O)Cc1ccc(F)c(F)c1. The Morgan fingerprint density at radius 1 is 1.22 bits per heavy atom. The van der Waals surface area contributed by atoms with E-state index in [9.17, 15) is 18.4 Å². The average molecular weight is 396 g/mol. The van der Waals surface area contributed by atoms with Gasteiger partial charge in [-0.2, -0.15) is 0 Å². The number of carbonyl (C=O) groups is 2. The number of methoxy groups -OCH3 is 1. The van der Waals surface area contributed by atoms with Crippen molar-refractivity contribution in [2.24, 2.45) is 0 Å². The number of hydrogen-bond donors (Lipinski definition) is 1. The van der Waals surface area contributed by atoms with E-state index in [1.807, 2.05) is 0 Å². The topological polar surface area (TPSA) is 55.4 Å². The molecule has 0 unspecified atom stereocenters. The van der Waals surface area contributed by atoms with Crippen molar-refractivity contribution in [2.75, 3.05) is 7.11 Å². The Kier molecular flexibility index (Phi) is 7.73. The van der Waals surface area contributed by atoms with Gasteiger partial charge in [0.05, 0.1) is 13.5 Å². The predicted molar refractivity (Wildman–Crippen MR) is 104 cm³/mol. The third-order valence-electron chi connectivity index (χ3n) is 4.75. The first-order chi connectivity index (χ1) is 12.4. The van der Waals surface area contributed by atoms with Crippen molar-refractivity contribution in [1.82, 2.24) is 5.32 Å². The second kappa shape index (κ2) is 9.13. The predicted octanol–water partition coefficient (Wildman–Crippen LogP) is 3.61. The van der Waals surface area contributed by atoms with Gasteiger partial charge < -0.3 is 10.1 Å². The minimum atomic E-state index is -1.83. The highest BCUT2D eigenvalue weighted by Gasteiger charge is 2.33. The fourth-order valence-electron chi connectivity index (χ4n) is 1.98. The highest BCUT2D eigenvalue weighted by Crippen LogP contribution is 2.35. The molecule has 0 heterocycles. The molecule has 0 aliphatic heterocycles. The maximum atomic E-state index is 13.3. The number of esters is 1. The molecule has 0 bridgehead atoms. The van der Waals surface area contributed by atoms with Gasteiger partial charge in [0.25, 0.3) is 0 Å². The van der Waals surface area contributed by atoms with Gasteiger partial charge in [0.15, 0.2) is 11.6 Å². The van der Waals surface area contributed by atoms with Crippen LogP contribution in [0, 0.1) is 23.1 Å². The highest BCUT2D eigenvalue weighted by molar-refractivity contribution is 6.87. The Morgan fingerprint density at radius 3 is 2.37 bits per heavy atom. The zero-order valence-electron chi connectivity index (χ0n) is 16.7. The molecule has 1 aromatic rings. The molecule has 0 aliphatic rings. The second-order valence-electron chi connectivity index (χ2n) is 7.95. The Hall–Kier alpha value is -2.20. The lowest BCUT2D eigenvalue weighted by molar-refractivity contribution is -0.144. The van der Waals surface area contributed by atoms with E-state index in [4.69, 9.17) is 4.74 Å². The smallest absolute Gasteiger partial charge is 0.329 e. The zero-order valence-corrected chi connectivity index (χ0v) is 17.7. The molecule has 0 radical (unpaired) electrons. The minimum Gasteiger partial charge on any atom is -0.467 e. The molecule has 148 valence electrons. The summed E-state index contributed by atoms with van der Waals surface area (Å²) in [6.45, 7) is 10.7. The maximum Gasteiger partial charge on any atom is 0.329 e. The minimum absolute atomic E-state index is 0.0800. The van der Waals surface area contributed by atoms with Crippen molar-refractivity contribution in [3.63, 3.8) is 0 Å². The molecule has 1 N–H and O–H groups in total. The van der Waals surface area contributed by atoms with Crippen molar-refractivity contribution in [1.29, 1.82) is 0 Å². The fourth-order valence-corrected chi connectivity index (χ4v) is 2.90. The first-order valence-electron chi connectivity index (χ1n) is 8.68. The third-order valence-corrected chi connectivity index (χ3v) is 9.30. The Balaban J connectivity index is 2.82. The number of amides is 1. The molecule has 4 nitrogen and oxygen atoms in total. The number of rotatable bonds is 5. The van der Waals surface area contributed by atoms with E-state index in [-0.39, 0.29) is 17.9 Å². The summed E-state index contributed by atoms with van der Waals surface area (Å²) in [5.74, 6) is -0.0761. The Bertz CT molecular complexity index is 761. The second-order valence-corrected chi connectivity index (χ2v) is 12.9. The normalized spacial score (nSPS) is 12.6. The van der Waals surface area contributed by atoms with E-state index in [0.29, 0.717) is 5.56 Å². The van der Waals surface area contributed by atoms with Gasteiger partial charge >= 0.3 is 5.97 Å². The lowest BCUT2D eigenvalue weighted by atomic mass is 10.1. The molecule has 0 saturated heterocycles. The molecule has 0 saturated carbocycles. The van der Waals surface area contributed by atoms with E-state index in [1.165, 1.54) is 13.2 Å². The number of nitrogens with one attached hydrogen (secondary N) is 1. The van der Waals surface area contributed by atoms with E-state index in [2.05, 4.69) is 50.6 Å². The van der Waals surface area contributed by atoms with Crippen LogP contribution in [0.4, 0.5) is 8.78 Å². The van der Waals surface area contributed by atoms with Crippen molar-refractivity contribution in [2.45, 2.75) is 57.8 Å². The monoisotopic (exact) mass is 395 g/mol. The molecular weight excluding hydrogens is 368 g/mol. The van der Waals surface area contributed by atoms with Crippen molar-refractivity contribution < 1.29 is 23.1 Å². The molecular formula is C20H27F2NO3Si. The van der Waals surface area contributed by atoms with Crippen LogP contribution in [0.5, 0.6) is 0 Å². The Labute approximate surface area is 160 Å². The van der Waals surface area contributed by atoms with Gasteiger partial charge in [-0.15, -0.1) is 11.5 Å². The largest absolute Gasteiger partial charge is 0.467 e. The van der Waals surface area contributed by atoms with Crippen LogP contribution in [0.1, 0.15) is 32.8 Å². The molecule has 27 heavy (non-hydrogen) atoms. The summed E-state index contributed by atoms with van der Waals surface area (Å²) in [6, 6.07) is 2.33. The summed E-state index contributed by atoms with van der Waals surface area (Å²) in [4.78, 5) is 24.1. The summed E-state index contributed by atoms with van der Waals surface area (Å²) < 4.78 is 31.0. The molecule has 0 aromatic heterocycles. The zero-order chi connectivity index (χ0) is 20.8. The fraction of sp³-hybridized carbons (Fsp3) is 0.500. The number of benzene rings is 1. The van der Waals surface area contributed by atoms with Crippen molar-refractivity contribution in [3.05, 3.63) is 35.4 Å². The summed E-state index contributed by atoms with van der Waals surface area (Å²) in [6.07, 6.45) is -0.0525. The number of ether oxygens (including phenoxy) is 1. The molecule has 1 aromatic carbocycles. The molecule has 7 heteroatoms. The van der Waals surface area contributed by atoms with Crippen molar-refractivity contribution >= 4 is 20.0 Å². The van der Waals surface area contributed by atoms with Gasteiger partial charge in [-0.25, -0.2) is 13.6 Å². The molecule has 1 atom stereocenters. The molecule has 0 spiro atoms. The summed E-state index contributed by atoms with van der Waals surface area (Å²) in [5, 5.41) is 2.64. The number of carbonyl (C=O) groups excluding carboxylic acids is 2. The van der Waals surface area contributed by atoms with Gasteiger partial charge in [-0.1, -0.05) is 39.9 Å². The quantitative estimate of drug-likeness (QED) is 0.471. The van der Waals surface area contributed by atoms with Crippen LogP contribution in [-0.2, 0) is 20.7 Å². The van der Waals surface area contributed by atoms with Gasteiger partial charge in [-0.05, 0) is 22.7 Å². The average Bonchev–Trinajstić information content (AvgIpc) is 2.55. The van der Waals surface area contributed by atoms with Gasteiger partial charge in [0.1, 0.15) is 14.1 Å². The summed E-state index contributed by atoms with van der Waals surface area (Å²) in [7, 11) is -0.598. The molecule has 1 amide bonds. The van der Waals surface area contributed by atoms with Crippen LogP contribution in [0.3, 0.4) is 0 Å². The molecule has 0 aliphatic carbocycles. The van der Waals surface area contributed by atoms with Crippen LogP contribution in [0.25, 0.3) is 0 Å². The number of hydrogen-bond acceptors (Lipinski definition) is 3. The third kappa shape index (κ3) is 6.79. The van der Waals surface area contributed by atoms with Gasteiger partial charge in [-0.3, -0.25) is 4.79 Å². The van der Waals surface area contributed by atoms with E-state index in [0.717, 1.165) is 12.1 Å².